The fourth-order valence-corrected chi connectivity index (χ4v) is 2.12. The van der Waals surface area contributed by atoms with Crippen LogP contribution in [0.5, 0.6) is 0 Å². The first-order chi connectivity index (χ1) is 9.56. The van der Waals surface area contributed by atoms with E-state index in [1.165, 1.54) is 0 Å². The first-order valence-corrected chi connectivity index (χ1v) is 6.63. The van der Waals surface area contributed by atoms with Crippen molar-refractivity contribution in [3.63, 3.8) is 0 Å². The zero-order valence-corrected chi connectivity index (χ0v) is 11.6. The van der Waals surface area contributed by atoms with Crippen LogP contribution < -0.4 is 11.3 Å². The van der Waals surface area contributed by atoms with Crippen LogP contribution in [0.3, 0.4) is 0 Å². The van der Waals surface area contributed by atoms with E-state index in [0.29, 0.717) is 11.7 Å². The number of nitrogens with zero attached hydrogens (tertiary/aromatic N) is 1. The molecule has 0 saturated heterocycles. The average Bonchev–Trinajstić information content (AvgIpc) is 3.20. The molecule has 110 valence electrons. The molecule has 0 bridgehead atoms. The molecule has 1 aliphatic carbocycles. The van der Waals surface area contributed by atoms with Crippen LogP contribution >= 0.6 is 0 Å². The van der Waals surface area contributed by atoms with Crippen molar-refractivity contribution in [3.8, 4) is 0 Å². The molecule has 1 aliphatic rings. The number of rotatable bonds is 6. The van der Waals surface area contributed by atoms with Gasteiger partial charge in [0, 0.05) is 7.11 Å². The van der Waals surface area contributed by atoms with Gasteiger partial charge in [0.2, 0.25) is 0 Å². The highest BCUT2D eigenvalue weighted by Crippen LogP contribution is 2.41. The number of aromatic nitrogens is 2. The third kappa shape index (κ3) is 3.16. The van der Waals surface area contributed by atoms with E-state index in [1.54, 1.807) is 14.0 Å². The lowest BCUT2D eigenvalue weighted by atomic mass is 10.2. The molecule has 1 heterocycles. The van der Waals surface area contributed by atoms with Gasteiger partial charge in [0.1, 0.15) is 17.7 Å². The summed E-state index contributed by atoms with van der Waals surface area (Å²) in [5.74, 6) is 0.354. The smallest absolute Gasteiger partial charge is 0.310 e. The van der Waals surface area contributed by atoms with Crippen LogP contribution in [0.2, 0.25) is 0 Å². The van der Waals surface area contributed by atoms with Crippen LogP contribution in [-0.4, -0.2) is 29.7 Å². The molecule has 0 radical (unpaired) electrons. The largest absolute Gasteiger partial charge is 0.466 e. The number of esters is 1. The summed E-state index contributed by atoms with van der Waals surface area (Å²) in [7, 11) is 1.58. The lowest BCUT2D eigenvalue weighted by Gasteiger charge is -2.14. The monoisotopic (exact) mass is 281 g/mol. The Kier molecular flexibility index (Phi) is 4.39. The molecule has 1 fully saturated rings. The predicted octanol–water partition coefficient (Wildman–Crippen LogP) is 0.555. The van der Waals surface area contributed by atoms with Gasteiger partial charge in [-0.15, -0.1) is 0 Å². The maximum Gasteiger partial charge on any atom is 0.310 e. The Labute approximate surface area is 116 Å². The van der Waals surface area contributed by atoms with Crippen LogP contribution in [0.4, 0.5) is 5.82 Å². The predicted molar refractivity (Wildman–Crippen MR) is 72.1 cm³/mol. The summed E-state index contributed by atoms with van der Waals surface area (Å²) in [5.41, 5.74) is 5.51. The third-order valence-electron chi connectivity index (χ3n) is 3.27. The Bertz CT molecular complexity index is 551. The van der Waals surface area contributed by atoms with E-state index in [4.69, 9.17) is 15.2 Å². The summed E-state index contributed by atoms with van der Waals surface area (Å²) >= 11 is 0. The van der Waals surface area contributed by atoms with Crippen LogP contribution in [0.25, 0.3) is 0 Å². The van der Waals surface area contributed by atoms with Crippen LogP contribution in [0.1, 0.15) is 37.3 Å². The fraction of sp³-hybridized carbons (Fsp3) is 0.615. The third-order valence-corrected chi connectivity index (χ3v) is 3.27. The highest BCUT2D eigenvalue weighted by atomic mass is 16.5. The van der Waals surface area contributed by atoms with Gasteiger partial charge in [0.05, 0.1) is 18.6 Å². The quantitative estimate of drug-likeness (QED) is 0.737. The summed E-state index contributed by atoms with van der Waals surface area (Å²) in [6, 6.07) is 0. The second kappa shape index (κ2) is 6.04. The minimum absolute atomic E-state index is 0.0551. The standard InChI is InChI=1S/C13H19N3O4/c1-3-20-9(17)6-8-11(14)15-12(16-13(8)18)10(19-2)7-4-5-7/h7,10H,3-6H2,1-2H3,(H3,14,15,16,18). The zero-order valence-electron chi connectivity index (χ0n) is 11.6. The molecule has 0 amide bonds. The SMILES string of the molecule is CCOC(=O)Cc1c(N)nc(C(OC)C2CC2)[nH]c1=O. The summed E-state index contributed by atoms with van der Waals surface area (Å²) in [6.07, 6.45) is 1.67. The van der Waals surface area contributed by atoms with Gasteiger partial charge in [-0.25, -0.2) is 4.98 Å². The first kappa shape index (κ1) is 14.5. The van der Waals surface area contributed by atoms with Crippen molar-refractivity contribution >= 4 is 11.8 Å². The van der Waals surface area contributed by atoms with E-state index >= 15 is 0 Å². The van der Waals surface area contributed by atoms with Crippen molar-refractivity contribution in [1.29, 1.82) is 0 Å². The van der Waals surface area contributed by atoms with E-state index in [9.17, 15) is 9.59 Å². The highest BCUT2D eigenvalue weighted by molar-refractivity contribution is 5.74. The molecule has 0 aliphatic heterocycles. The van der Waals surface area contributed by atoms with E-state index in [0.717, 1.165) is 12.8 Å². The molecule has 1 aromatic heterocycles. The van der Waals surface area contributed by atoms with Crippen molar-refractivity contribution in [3.05, 3.63) is 21.7 Å². The number of aromatic amines is 1. The number of carbonyl (C=O) groups excluding carboxylic acids is 1. The molecule has 1 unspecified atom stereocenters. The van der Waals surface area contributed by atoms with Gasteiger partial charge in [-0.3, -0.25) is 9.59 Å². The van der Waals surface area contributed by atoms with E-state index in [2.05, 4.69) is 9.97 Å². The number of hydrogen-bond donors (Lipinski definition) is 2. The van der Waals surface area contributed by atoms with Crippen molar-refractivity contribution in [2.45, 2.75) is 32.3 Å². The molecule has 1 saturated carbocycles. The van der Waals surface area contributed by atoms with Crippen LogP contribution in [0, 0.1) is 5.92 Å². The van der Waals surface area contributed by atoms with Crippen molar-refractivity contribution in [2.75, 3.05) is 19.5 Å². The second-order valence-electron chi connectivity index (χ2n) is 4.79. The number of nitrogens with one attached hydrogen (secondary N) is 1. The van der Waals surface area contributed by atoms with Crippen molar-refractivity contribution in [2.24, 2.45) is 5.92 Å². The molecule has 1 aromatic rings. The number of hydrogen-bond acceptors (Lipinski definition) is 6. The van der Waals surface area contributed by atoms with Gasteiger partial charge in [-0.05, 0) is 25.7 Å². The van der Waals surface area contributed by atoms with Gasteiger partial charge in [-0.2, -0.15) is 0 Å². The fourth-order valence-electron chi connectivity index (χ4n) is 2.12. The Morgan fingerprint density at radius 1 is 1.55 bits per heavy atom. The average molecular weight is 281 g/mol. The Morgan fingerprint density at radius 2 is 2.25 bits per heavy atom. The van der Waals surface area contributed by atoms with Gasteiger partial charge >= 0.3 is 5.97 Å². The molecule has 1 atom stereocenters. The summed E-state index contributed by atoms with van der Waals surface area (Å²) in [4.78, 5) is 30.3. The normalized spacial score (nSPS) is 15.9. The minimum atomic E-state index is -0.496. The van der Waals surface area contributed by atoms with Crippen molar-refractivity contribution in [1.82, 2.24) is 9.97 Å². The number of H-pyrrole nitrogens is 1. The molecule has 3 N–H and O–H groups in total. The number of carbonyl (C=O) groups is 1. The molecule has 0 spiro atoms. The van der Waals surface area contributed by atoms with Crippen LogP contribution in [0.15, 0.2) is 4.79 Å². The Morgan fingerprint density at radius 3 is 2.75 bits per heavy atom. The topological polar surface area (TPSA) is 107 Å². The lowest BCUT2D eigenvalue weighted by Crippen LogP contribution is -2.25. The number of methoxy groups -OCH3 is 1. The van der Waals surface area contributed by atoms with Crippen LogP contribution in [-0.2, 0) is 20.7 Å². The zero-order chi connectivity index (χ0) is 14.7. The number of anilines is 1. The number of nitrogen functional groups attached to an aromatic ring is 1. The summed E-state index contributed by atoms with van der Waals surface area (Å²) in [5, 5.41) is 0. The first-order valence-electron chi connectivity index (χ1n) is 6.63. The maximum atomic E-state index is 12.0. The molecule has 7 heteroatoms. The molecule has 2 rings (SSSR count). The van der Waals surface area contributed by atoms with Gasteiger partial charge in [0.15, 0.2) is 0 Å². The Hall–Kier alpha value is -1.89. The van der Waals surface area contributed by atoms with E-state index in [1.807, 2.05) is 0 Å². The number of ether oxygens (including phenoxy) is 2. The van der Waals surface area contributed by atoms with E-state index in [-0.39, 0.29) is 30.5 Å². The Balaban J connectivity index is 2.24. The minimum Gasteiger partial charge on any atom is -0.466 e. The molecular weight excluding hydrogens is 262 g/mol. The summed E-state index contributed by atoms with van der Waals surface area (Å²) < 4.78 is 10.2. The molecule has 0 aromatic carbocycles. The maximum absolute atomic E-state index is 12.0. The lowest BCUT2D eigenvalue weighted by molar-refractivity contribution is -0.142. The highest BCUT2D eigenvalue weighted by Gasteiger charge is 2.34. The molecule has 7 nitrogen and oxygen atoms in total. The van der Waals surface area contributed by atoms with Crippen molar-refractivity contribution < 1.29 is 14.3 Å². The number of nitrogens with two attached hydrogens (primary N) is 1. The van der Waals surface area contributed by atoms with Gasteiger partial charge in [0.25, 0.3) is 5.56 Å². The molecular formula is C13H19N3O4. The van der Waals surface area contributed by atoms with Gasteiger partial charge < -0.3 is 20.2 Å². The van der Waals surface area contributed by atoms with Gasteiger partial charge in [-0.1, -0.05) is 0 Å². The summed E-state index contributed by atoms with van der Waals surface area (Å²) in [6.45, 7) is 1.96. The van der Waals surface area contributed by atoms with E-state index < -0.39 is 11.5 Å². The molecule has 20 heavy (non-hydrogen) atoms. The second-order valence-corrected chi connectivity index (χ2v) is 4.79.